The van der Waals surface area contributed by atoms with Crippen molar-refractivity contribution in [2.75, 3.05) is 20.8 Å². The van der Waals surface area contributed by atoms with Gasteiger partial charge in [-0.1, -0.05) is 27.7 Å². The second kappa shape index (κ2) is 7.38. The molecule has 1 saturated heterocycles. The van der Waals surface area contributed by atoms with Crippen LogP contribution in [-0.2, 0) is 18.3 Å². The lowest BCUT2D eigenvalue weighted by Crippen LogP contribution is -2.50. The van der Waals surface area contributed by atoms with E-state index < -0.39 is 26.8 Å². The Morgan fingerprint density at radius 1 is 1.20 bits per heavy atom. The Labute approximate surface area is 124 Å². The van der Waals surface area contributed by atoms with Crippen molar-refractivity contribution in [2.24, 2.45) is 0 Å². The van der Waals surface area contributed by atoms with Crippen LogP contribution in [0.1, 0.15) is 27.7 Å². The van der Waals surface area contributed by atoms with Gasteiger partial charge in [-0.3, -0.25) is 0 Å². The molecule has 0 amide bonds. The molecule has 0 aliphatic carbocycles. The van der Waals surface area contributed by atoms with Crippen molar-refractivity contribution >= 4 is 16.4 Å². The summed E-state index contributed by atoms with van der Waals surface area (Å²) in [6, 6.07) is -0.731. The first-order chi connectivity index (χ1) is 9.30. The molecule has 0 aromatic carbocycles. The second-order valence-electron chi connectivity index (χ2n) is 5.88. The molecule has 1 fully saturated rings. The zero-order chi connectivity index (χ0) is 15.5. The molecule has 4 unspecified atom stereocenters. The summed E-state index contributed by atoms with van der Waals surface area (Å²) in [5.74, 6) is 0. The summed E-state index contributed by atoms with van der Waals surface area (Å²) in [6.07, 6.45) is -1.66. The first-order valence-corrected chi connectivity index (χ1v) is 9.08. The molecule has 5 nitrogen and oxygen atoms in total. The molecule has 0 spiro atoms. The predicted molar refractivity (Wildman–Crippen MR) is 80.1 cm³/mol. The van der Waals surface area contributed by atoms with Gasteiger partial charge >= 0.3 is 8.56 Å². The van der Waals surface area contributed by atoms with Crippen LogP contribution in [0.15, 0.2) is 0 Å². The van der Waals surface area contributed by atoms with Gasteiger partial charge in [0.2, 0.25) is 0 Å². The fourth-order valence-corrected chi connectivity index (χ4v) is 6.42. The van der Waals surface area contributed by atoms with Gasteiger partial charge in [-0.25, -0.2) is 0 Å². The Bertz CT molecular complexity index is 294. The average molecular weight is 302 g/mol. The summed E-state index contributed by atoms with van der Waals surface area (Å²) in [4.78, 5) is 0. The van der Waals surface area contributed by atoms with Crippen molar-refractivity contribution in [3.05, 3.63) is 0 Å². The van der Waals surface area contributed by atoms with E-state index in [2.05, 4.69) is 27.7 Å². The van der Waals surface area contributed by atoms with Crippen molar-refractivity contribution < 1.29 is 23.4 Å². The minimum absolute atomic E-state index is 0.313. The Morgan fingerprint density at radius 2 is 1.75 bits per heavy atom. The van der Waals surface area contributed by atoms with Crippen LogP contribution >= 0.6 is 0 Å². The minimum atomic E-state index is -2.34. The minimum Gasteiger partial charge on any atom is -0.397 e. The lowest BCUT2D eigenvalue weighted by atomic mass is 9.93. The van der Waals surface area contributed by atoms with Gasteiger partial charge in [-0.05, 0) is 11.1 Å². The SMILES string of the molecule is [B]C1OC(CO[Si](OC)(C(C)C)C(C)C)C(OC)C1O. The maximum atomic E-state index is 9.88. The molecule has 116 valence electrons. The zero-order valence-corrected chi connectivity index (χ0v) is 14.3. The molecular formula is C13H27BO5Si. The van der Waals surface area contributed by atoms with E-state index in [4.69, 9.17) is 26.2 Å². The van der Waals surface area contributed by atoms with Crippen LogP contribution in [0.25, 0.3) is 0 Å². The van der Waals surface area contributed by atoms with Gasteiger partial charge in [-0.2, -0.15) is 0 Å². The molecule has 0 aromatic rings. The molecule has 0 bridgehead atoms. The van der Waals surface area contributed by atoms with Gasteiger partial charge < -0.3 is 23.4 Å². The van der Waals surface area contributed by atoms with Gasteiger partial charge in [0.15, 0.2) is 0 Å². The van der Waals surface area contributed by atoms with Gasteiger partial charge in [-0.15, -0.1) is 0 Å². The molecule has 0 saturated carbocycles. The third-order valence-electron chi connectivity index (χ3n) is 4.05. The van der Waals surface area contributed by atoms with Crippen LogP contribution in [0.4, 0.5) is 0 Å². The van der Waals surface area contributed by atoms with Crippen LogP contribution < -0.4 is 0 Å². The normalized spacial score (nSPS) is 31.4. The molecule has 1 N–H and O–H groups in total. The highest BCUT2D eigenvalue weighted by Gasteiger charge is 2.47. The summed E-state index contributed by atoms with van der Waals surface area (Å²) in [7, 11) is 6.60. The van der Waals surface area contributed by atoms with Crippen molar-refractivity contribution in [2.45, 2.75) is 63.1 Å². The van der Waals surface area contributed by atoms with Crippen LogP contribution in [0.3, 0.4) is 0 Å². The van der Waals surface area contributed by atoms with Crippen LogP contribution in [0, 0.1) is 0 Å². The maximum absolute atomic E-state index is 9.88. The number of aliphatic hydroxyl groups is 1. The highest BCUT2D eigenvalue weighted by molar-refractivity contribution is 6.70. The molecule has 1 rings (SSSR count). The van der Waals surface area contributed by atoms with Gasteiger partial charge in [0.05, 0.1) is 6.61 Å². The summed E-state index contributed by atoms with van der Waals surface area (Å²) in [6.45, 7) is 8.76. The first-order valence-electron chi connectivity index (χ1n) is 7.11. The molecule has 1 heterocycles. The van der Waals surface area contributed by atoms with Crippen molar-refractivity contribution in [3.63, 3.8) is 0 Å². The van der Waals surface area contributed by atoms with Gasteiger partial charge in [0.1, 0.15) is 26.2 Å². The van der Waals surface area contributed by atoms with E-state index in [0.717, 1.165) is 0 Å². The highest BCUT2D eigenvalue weighted by atomic mass is 28.4. The number of methoxy groups -OCH3 is 1. The Kier molecular flexibility index (Phi) is 6.69. The van der Waals surface area contributed by atoms with E-state index in [9.17, 15) is 5.11 Å². The van der Waals surface area contributed by atoms with Crippen molar-refractivity contribution in [1.82, 2.24) is 0 Å². The van der Waals surface area contributed by atoms with E-state index in [1.165, 1.54) is 7.11 Å². The first kappa shape index (κ1) is 18.1. The van der Waals surface area contributed by atoms with Gasteiger partial charge in [0.25, 0.3) is 0 Å². The molecule has 1 aliphatic heterocycles. The Morgan fingerprint density at radius 3 is 2.15 bits per heavy atom. The van der Waals surface area contributed by atoms with E-state index in [1.54, 1.807) is 7.11 Å². The quantitative estimate of drug-likeness (QED) is 0.716. The average Bonchev–Trinajstić information content (AvgIpc) is 2.65. The van der Waals surface area contributed by atoms with E-state index in [0.29, 0.717) is 17.7 Å². The zero-order valence-electron chi connectivity index (χ0n) is 13.3. The number of aliphatic hydroxyl groups excluding tert-OH is 1. The second-order valence-corrected chi connectivity index (χ2v) is 10.3. The van der Waals surface area contributed by atoms with Crippen LogP contribution in [0.2, 0.25) is 11.1 Å². The largest absolute Gasteiger partial charge is 0.397 e. The molecule has 2 radical (unpaired) electrons. The molecule has 7 heteroatoms. The van der Waals surface area contributed by atoms with E-state index in [-0.39, 0.29) is 6.10 Å². The third-order valence-corrected chi connectivity index (χ3v) is 8.52. The van der Waals surface area contributed by atoms with E-state index in [1.807, 2.05) is 0 Å². The maximum Gasteiger partial charge on any atom is 0.343 e. The number of hydrogen-bond acceptors (Lipinski definition) is 5. The standard InChI is InChI=1S/C13H27BO5Si/c1-8(2)20(17-6,9(3)4)18-7-10-12(16-5)11(15)13(14)19-10/h8-13,15H,7H2,1-6H3. The molecule has 20 heavy (non-hydrogen) atoms. The fourth-order valence-electron chi connectivity index (χ4n) is 2.93. The molecular weight excluding hydrogens is 275 g/mol. The summed E-state index contributed by atoms with van der Waals surface area (Å²) < 4.78 is 22.7. The smallest absolute Gasteiger partial charge is 0.343 e. The third kappa shape index (κ3) is 3.45. The monoisotopic (exact) mass is 302 g/mol. The number of hydrogen-bond donors (Lipinski definition) is 1. The Balaban J connectivity index is 2.73. The van der Waals surface area contributed by atoms with Gasteiger partial charge in [0, 0.05) is 20.2 Å². The number of rotatable bonds is 7. The lowest BCUT2D eigenvalue weighted by molar-refractivity contribution is -0.0339. The molecule has 1 aliphatic rings. The molecule has 4 atom stereocenters. The predicted octanol–water partition coefficient (Wildman–Crippen LogP) is 1.18. The summed E-state index contributed by atoms with van der Waals surface area (Å²) >= 11 is 0. The highest BCUT2D eigenvalue weighted by Crippen LogP contribution is 2.35. The lowest BCUT2D eigenvalue weighted by Gasteiger charge is -2.37. The molecule has 0 aromatic heterocycles. The van der Waals surface area contributed by atoms with Crippen molar-refractivity contribution in [3.8, 4) is 0 Å². The van der Waals surface area contributed by atoms with Crippen molar-refractivity contribution in [1.29, 1.82) is 0 Å². The summed E-state index contributed by atoms with van der Waals surface area (Å²) in [5.41, 5.74) is 0.627. The van der Waals surface area contributed by atoms with Crippen LogP contribution in [0.5, 0.6) is 0 Å². The Hall–Kier alpha value is 0.0818. The topological polar surface area (TPSA) is 57.2 Å². The number of ether oxygens (including phenoxy) is 2. The van der Waals surface area contributed by atoms with E-state index >= 15 is 0 Å². The fraction of sp³-hybridized carbons (Fsp3) is 1.00. The summed E-state index contributed by atoms with van der Waals surface area (Å²) in [5, 5.41) is 9.88. The van der Waals surface area contributed by atoms with Crippen LogP contribution in [-0.4, -0.2) is 66.7 Å².